The summed E-state index contributed by atoms with van der Waals surface area (Å²) in [5.41, 5.74) is 1.63. The molecule has 1 atom stereocenters. The fraction of sp³-hybridized carbons (Fsp3) is 0.118. The van der Waals surface area contributed by atoms with Crippen molar-refractivity contribution in [2.75, 3.05) is 0 Å². The Hall–Kier alpha value is -2.95. The van der Waals surface area contributed by atoms with E-state index in [4.69, 9.17) is 0 Å². The van der Waals surface area contributed by atoms with E-state index >= 15 is 0 Å². The van der Waals surface area contributed by atoms with E-state index in [1.54, 1.807) is 30.6 Å². The van der Waals surface area contributed by atoms with Gasteiger partial charge in [0.25, 0.3) is 5.91 Å². The molecule has 5 nitrogen and oxygen atoms in total. The number of amides is 1. The van der Waals surface area contributed by atoms with Crippen LogP contribution in [0.1, 0.15) is 29.0 Å². The van der Waals surface area contributed by atoms with Gasteiger partial charge in [-0.1, -0.05) is 18.2 Å². The molecule has 3 aromatic rings. The topological polar surface area (TPSA) is 74.8 Å². The normalized spacial score (nSPS) is 12.0. The van der Waals surface area contributed by atoms with Gasteiger partial charge in [0.2, 0.25) is 0 Å². The van der Waals surface area contributed by atoms with Gasteiger partial charge in [0, 0.05) is 29.4 Å². The van der Waals surface area contributed by atoms with Gasteiger partial charge in [0.1, 0.15) is 5.69 Å². The lowest BCUT2D eigenvalue weighted by molar-refractivity contribution is 0.0935. The molecule has 5 heteroatoms. The lowest BCUT2D eigenvalue weighted by atomic mass is 10.1. The van der Waals surface area contributed by atoms with Gasteiger partial charge in [0.05, 0.1) is 6.04 Å². The van der Waals surface area contributed by atoms with Gasteiger partial charge >= 0.3 is 0 Å². The largest absolute Gasteiger partial charge is 0.350 e. The smallest absolute Gasteiger partial charge is 0.268 e. The summed E-state index contributed by atoms with van der Waals surface area (Å²) >= 11 is 0. The number of carbonyl (C=O) groups is 1. The van der Waals surface area contributed by atoms with Crippen molar-refractivity contribution >= 4 is 16.8 Å². The summed E-state index contributed by atoms with van der Waals surface area (Å²) in [6.45, 7) is 1.87. The van der Waals surface area contributed by atoms with Crippen molar-refractivity contribution in [3.63, 3.8) is 0 Å². The molecule has 0 radical (unpaired) electrons. The zero-order chi connectivity index (χ0) is 15.5. The maximum atomic E-state index is 12.3. The van der Waals surface area contributed by atoms with Crippen molar-refractivity contribution in [3.8, 4) is 0 Å². The SMILES string of the molecule is C[C@H](NC(=O)c1cc(=O)c2ccccc2[nH]1)c1cccnc1. The molecule has 0 fully saturated rings. The third-order valence-corrected chi connectivity index (χ3v) is 3.51. The predicted octanol–water partition coefficient (Wildman–Crippen LogP) is 2.41. The zero-order valence-electron chi connectivity index (χ0n) is 12.0. The van der Waals surface area contributed by atoms with Crippen LogP contribution in [0.25, 0.3) is 10.9 Å². The van der Waals surface area contributed by atoms with Crippen molar-refractivity contribution in [1.29, 1.82) is 0 Å². The summed E-state index contributed by atoms with van der Waals surface area (Å²) in [6.07, 6.45) is 3.38. The molecular formula is C17H15N3O2. The minimum Gasteiger partial charge on any atom is -0.350 e. The second-order valence-corrected chi connectivity index (χ2v) is 5.07. The van der Waals surface area contributed by atoms with Crippen LogP contribution in [0, 0.1) is 0 Å². The number of para-hydroxylation sites is 1. The molecule has 2 heterocycles. The Morgan fingerprint density at radius 3 is 2.82 bits per heavy atom. The molecule has 3 rings (SSSR count). The zero-order valence-corrected chi connectivity index (χ0v) is 12.0. The minimum absolute atomic E-state index is 0.173. The first kappa shape index (κ1) is 14.0. The third-order valence-electron chi connectivity index (χ3n) is 3.51. The minimum atomic E-state index is -0.320. The first-order chi connectivity index (χ1) is 10.6. The average molecular weight is 293 g/mol. The molecule has 1 aromatic carbocycles. The Morgan fingerprint density at radius 2 is 2.05 bits per heavy atom. The molecule has 1 amide bonds. The first-order valence-electron chi connectivity index (χ1n) is 6.98. The molecule has 0 spiro atoms. The highest BCUT2D eigenvalue weighted by Gasteiger charge is 2.13. The molecule has 2 N–H and O–H groups in total. The summed E-state index contributed by atoms with van der Waals surface area (Å²) in [4.78, 5) is 31.4. The molecular weight excluding hydrogens is 278 g/mol. The van der Waals surface area contributed by atoms with Crippen molar-refractivity contribution in [3.05, 3.63) is 76.3 Å². The van der Waals surface area contributed by atoms with Gasteiger partial charge in [-0.25, -0.2) is 0 Å². The number of nitrogens with one attached hydrogen (secondary N) is 2. The van der Waals surface area contributed by atoms with Gasteiger partial charge < -0.3 is 10.3 Å². The molecule has 22 heavy (non-hydrogen) atoms. The molecule has 0 saturated heterocycles. The van der Waals surface area contributed by atoms with E-state index in [9.17, 15) is 9.59 Å². The van der Waals surface area contributed by atoms with Gasteiger partial charge in [-0.2, -0.15) is 0 Å². The van der Waals surface area contributed by atoms with E-state index in [1.807, 2.05) is 25.1 Å². The highest BCUT2D eigenvalue weighted by Crippen LogP contribution is 2.12. The number of aromatic nitrogens is 2. The molecule has 110 valence electrons. The van der Waals surface area contributed by atoms with Gasteiger partial charge in [0.15, 0.2) is 5.43 Å². The maximum Gasteiger partial charge on any atom is 0.268 e. The van der Waals surface area contributed by atoms with Crippen LogP contribution in [0.5, 0.6) is 0 Å². The van der Waals surface area contributed by atoms with Crippen molar-refractivity contribution in [2.45, 2.75) is 13.0 Å². The van der Waals surface area contributed by atoms with Crippen molar-refractivity contribution in [1.82, 2.24) is 15.3 Å². The fourth-order valence-electron chi connectivity index (χ4n) is 2.31. The van der Waals surface area contributed by atoms with Crippen LogP contribution in [0.3, 0.4) is 0 Å². The van der Waals surface area contributed by atoms with E-state index in [2.05, 4.69) is 15.3 Å². The highest BCUT2D eigenvalue weighted by molar-refractivity contribution is 5.95. The number of fused-ring (bicyclic) bond motifs is 1. The number of H-pyrrole nitrogens is 1. The number of aromatic amines is 1. The number of pyridine rings is 2. The number of rotatable bonds is 3. The maximum absolute atomic E-state index is 12.3. The molecule has 0 bridgehead atoms. The summed E-state index contributed by atoms with van der Waals surface area (Å²) < 4.78 is 0. The molecule has 0 saturated carbocycles. The van der Waals surface area contributed by atoms with Crippen molar-refractivity contribution < 1.29 is 4.79 Å². The van der Waals surface area contributed by atoms with E-state index in [-0.39, 0.29) is 23.1 Å². The Balaban J connectivity index is 1.88. The predicted molar refractivity (Wildman–Crippen MR) is 84.7 cm³/mol. The quantitative estimate of drug-likeness (QED) is 0.778. The van der Waals surface area contributed by atoms with Gasteiger partial charge in [-0.05, 0) is 30.7 Å². The number of hydrogen-bond acceptors (Lipinski definition) is 3. The lowest BCUT2D eigenvalue weighted by Gasteiger charge is -2.14. The third kappa shape index (κ3) is 2.74. The second kappa shape index (κ2) is 5.81. The lowest BCUT2D eigenvalue weighted by Crippen LogP contribution is -2.28. The molecule has 0 aliphatic rings. The van der Waals surface area contributed by atoms with E-state index in [1.165, 1.54) is 6.07 Å². The number of benzene rings is 1. The monoisotopic (exact) mass is 293 g/mol. The molecule has 0 aliphatic carbocycles. The summed E-state index contributed by atoms with van der Waals surface area (Å²) in [7, 11) is 0. The molecule has 2 aromatic heterocycles. The van der Waals surface area contributed by atoms with Gasteiger partial charge in [-0.15, -0.1) is 0 Å². The Kier molecular flexibility index (Phi) is 3.70. The van der Waals surface area contributed by atoms with Crippen LogP contribution >= 0.6 is 0 Å². The van der Waals surface area contributed by atoms with Crippen LogP contribution in [0.4, 0.5) is 0 Å². The summed E-state index contributed by atoms with van der Waals surface area (Å²) in [5.74, 6) is -0.320. The number of carbonyl (C=O) groups excluding carboxylic acids is 1. The van der Waals surface area contributed by atoms with Crippen LogP contribution in [0.15, 0.2) is 59.7 Å². The Morgan fingerprint density at radius 1 is 1.23 bits per heavy atom. The van der Waals surface area contributed by atoms with Crippen LogP contribution in [-0.2, 0) is 0 Å². The standard InChI is InChI=1S/C17H15N3O2/c1-11(12-5-4-8-18-10-12)19-17(22)15-9-16(21)13-6-2-3-7-14(13)20-15/h2-11H,1H3,(H,19,22)(H,20,21)/t11-/m0/s1. The average Bonchev–Trinajstić information content (AvgIpc) is 2.55. The van der Waals surface area contributed by atoms with E-state index in [0.29, 0.717) is 10.9 Å². The van der Waals surface area contributed by atoms with Gasteiger partial charge in [-0.3, -0.25) is 14.6 Å². The summed E-state index contributed by atoms with van der Waals surface area (Å²) in [5, 5.41) is 3.42. The van der Waals surface area contributed by atoms with Crippen LogP contribution in [-0.4, -0.2) is 15.9 Å². The molecule has 0 aliphatic heterocycles. The highest BCUT2D eigenvalue weighted by atomic mass is 16.2. The Labute approximate surface area is 127 Å². The first-order valence-corrected chi connectivity index (χ1v) is 6.98. The van der Waals surface area contributed by atoms with E-state index in [0.717, 1.165) is 5.56 Å². The number of hydrogen-bond donors (Lipinski definition) is 2. The van der Waals surface area contributed by atoms with Crippen LogP contribution < -0.4 is 10.7 Å². The second-order valence-electron chi connectivity index (χ2n) is 5.07. The summed E-state index contributed by atoms with van der Waals surface area (Å²) in [6, 6.07) is 12.0. The van der Waals surface area contributed by atoms with Crippen LogP contribution in [0.2, 0.25) is 0 Å². The fourth-order valence-corrected chi connectivity index (χ4v) is 2.31. The molecule has 0 unspecified atom stereocenters. The number of nitrogens with zero attached hydrogens (tertiary/aromatic N) is 1. The van der Waals surface area contributed by atoms with E-state index < -0.39 is 0 Å². The Bertz CT molecular complexity index is 872. The van der Waals surface area contributed by atoms with Crippen molar-refractivity contribution in [2.24, 2.45) is 0 Å².